The Kier molecular flexibility index (Phi) is 5.73. The normalized spacial score (nSPS) is 10.9. The molecule has 0 spiro atoms. The van der Waals surface area contributed by atoms with Crippen LogP contribution in [0.4, 0.5) is 0 Å². The van der Waals surface area contributed by atoms with E-state index in [4.69, 9.17) is 0 Å². The van der Waals surface area contributed by atoms with Gasteiger partial charge in [-0.15, -0.1) is 11.3 Å². The molecule has 0 aliphatic carbocycles. The van der Waals surface area contributed by atoms with Crippen molar-refractivity contribution in [2.45, 2.75) is 25.8 Å². The minimum atomic E-state index is 0.100. The van der Waals surface area contributed by atoms with Crippen LogP contribution in [0.5, 0.6) is 0 Å². The van der Waals surface area contributed by atoms with Crippen molar-refractivity contribution in [3.05, 3.63) is 106 Å². The maximum absolute atomic E-state index is 12.8. The van der Waals surface area contributed by atoms with Gasteiger partial charge in [0.1, 0.15) is 5.01 Å². The molecule has 0 saturated heterocycles. The highest BCUT2D eigenvalue weighted by atomic mass is 32.1. The molecule has 0 radical (unpaired) electrons. The molecule has 0 saturated carbocycles. The van der Waals surface area contributed by atoms with Crippen molar-refractivity contribution in [2.24, 2.45) is 0 Å². The van der Waals surface area contributed by atoms with Crippen molar-refractivity contribution in [3.8, 4) is 0 Å². The highest BCUT2D eigenvalue weighted by Crippen LogP contribution is 2.16. The van der Waals surface area contributed by atoms with E-state index >= 15 is 0 Å². The SMILES string of the molecule is O=C(Cc1nc(CCc2ccccc2)cs1)c1cccn1Cc1ccncc1. The number of aryl methyl sites for hydroxylation is 2. The first-order chi connectivity index (χ1) is 13.8. The summed E-state index contributed by atoms with van der Waals surface area (Å²) >= 11 is 1.57. The monoisotopic (exact) mass is 387 g/mol. The predicted molar refractivity (Wildman–Crippen MR) is 112 cm³/mol. The maximum Gasteiger partial charge on any atom is 0.186 e. The van der Waals surface area contributed by atoms with E-state index in [2.05, 4.69) is 39.6 Å². The summed E-state index contributed by atoms with van der Waals surface area (Å²) in [6.07, 6.45) is 7.69. The summed E-state index contributed by atoms with van der Waals surface area (Å²) in [7, 11) is 0. The van der Waals surface area contributed by atoms with Gasteiger partial charge in [0.25, 0.3) is 0 Å². The van der Waals surface area contributed by atoms with Crippen LogP contribution >= 0.6 is 11.3 Å². The van der Waals surface area contributed by atoms with Crippen LogP contribution in [0.3, 0.4) is 0 Å². The van der Waals surface area contributed by atoms with Gasteiger partial charge >= 0.3 is 0 Å². The third-order valence-electron chi connectivity index (χ3n) is 4.64. The molecule has 0 N–H and O–H groups in total. The first kappa shape index (κ1) is 18.3. The summed E-state index contributed by atoms with van der Waals surface area (Å²) in [5.74, 6) is 0.100. The number of carbonyl (C=O) groups is 1. The second kappa shape index (κ2) is 8.76. The van der Waals surface area contributed by atoms with Crippen molar-refractivity contribution in [1.29, 1.82) is 0 Å². The smallest absolute Gasteiger partial charge is 0.186 e. The summed E-state index contributed by atoms with van der Waals surface area (Å²) in [5, 5.41) is 2.95. The average molecular weight is 388 g/mol. The van der Waals surface area contributed by atoms with Crippen molar-refractivity contribution < 1.29 is 4.79 Å². The van der Waals surface area contributed by atoms with Gasteiger partial charge in [0, 0.05) is 30.5 Å². The molecule has 0 amide bonds. The van der Waals surface area contributed by atoms with E-state index in [1.807, 2.05) is 41.1 Å². The Bertz CT molecular complexity index is 1040. The molecule has 0 aliphatic heterocycles. The fraction of sp³-hybridized carbons (Fsp3) is 0.174. The molecule has 0 bridgehead atoms. The third kappa shape index (κ3) is 4.61. The zero-order valence-corrected chi connectivity index (χ0v) is 16.3. The number of benzene rings is 1. The Morgan fingerprint density at radius 2 is 1.75 bits per heavy atom. The molecular formula is C23H21N3OS. The van der Waals surface area contributed by atoms with Gasteiger partial charge in [0.15, 0.2) is 5.78 Å². The molecule has 3 aromatic heterocycles. The summed E-state index contributed by atoms with van der Waals surface area (Å²) in [5.41, 5.74) is 4.21. The van der Waals surface area contributed by atoms with E-state index in [1.54, 1.807) is 23.7 Å². The number of Topliss-reactive ketones (excluding diaryl/α,β-unsaturated/α-hetero) is 1. The van der Waals surface area contributed by atoms with Crippen LogP contribution in [-0.2, 0) is 25.8 Å². The van der Waals surface area contributed by atoms with E-state index in [0.29, 0.717) is 13.0 Å². The number of hydrogen-bond acceptors (Lipinski definition) is 4. The van der Waals surface area contributed by atoms with Crippen LogP contribution in [0, 0.1) is 0 Å². The van der Waals surface area contributed by atoms with Crippen LogP contribution in [0.15, 0.2) is 78.6 Å². The molecule has 0 fully saturated rings. The number of ketones is 1. The van der Waals surface area contributed by atoms with E-state index in [-0.39, 0.29) is 5.78 Å². The lowest BCUT2D eigenvalue weighted by molar-refractivity contribution is 0.0984. The maximum atomic E-state index is 12.8. The molecule has 5 heteroatoms. The first-order valence-corrected chi connectivity index (χ1v) is 10.2. The van der Waals surface area contributed by atoms with Gasteiger partial charge in [0.05, 0.1) is 17.8 Å². The van der Waals surface area contributed by atoms with E-state index in [0.717, 1.165) is 34.8 Å². The quantitative estimate of drug-likeness (QED) is 0.415. The fourth-order valence-corrected chi connectivity index (χ4v) is 4.01. The molecule has 4 aromatic rings. The summed E-state index contributed by atoms with van der Waals surface area (Å²) in [6.45, 7) is 0.663. The van der Waals surface area contributed by atoms with Gasteiger partial charge in [-0.1, -0.05) is 30.3 Å². The lowest BCUT2D eigenvalue weighted by Gasteiger charge is -2.08. The highest BCUT2D eigenvalue weighted by Gasteiger charge is 2.14. The van der Waals surface area contributed by atoms with Gasteiger partial charge in [-0.05, 0) is 48.2 Å². The zero-order chi connectivity index (χ0) is 19.2. The standard InChI is InChI=1S/C23H21N3OS/c27-22(21-7-4-14-26(21)16-19-10-12-24-13-11-19)15-23-25-20(17-28-23)9-8-18-5-2-1-3-6-18/h1-7,10-14,17H,8-9,15-16H2. The number of hydrogen-bond donors (Lipinski definition) is 0. The van der Waals surface area contributed by atoms with Crippen molar-refractivity contribution in [3.63, 3.8) is 0 Å². The van der Waals surface area contributed by atoms with Gasteiger partial charge in [-0.25, -0.2) is 4.98 Å². The highest BCUT2D eigenvalue weighted by molar-refractivity contribution is 7.09. The van der Waals surface area contributed by atoms with E-state index < -0.39 is 0 Å². The number of pyridine rings is 1. The van der Waals surface area contributed by atoms with Crippen LogP contribution in [0.1, 0.15) is 32.3 Å². The van der Waals surface area contributed by atoms with Crippen LogP contribution in [-0.4, -0.2) is 20.3 Å². The zero-order valence-electron chi connectivity index (χ0n) is 15.5. The minimum absolute atomic E-state index is 0.100. The third-order valence-corrected chi connectivity index (χ3v) is 5.54. The van der Waals surface area contributed by atoms with Crippen LogP contribution in [0.2, 0.25) is 0 Å². The fourth-order valence-electron chi connectivity index (χ4n) is 3.18. The second-order valence-corrected chi connectivity index (χ2v) is 7.64. The Morgan fingerprint density at radius 3 is 2.57 bits per heavy atom. The second-order valence-electron chi connectivity index (χ2n) is 6.69. The molecule has 0 atom stereocenters. The van der Waals surface area contributed by atoms with Gasteiger partial charge in [-0.2, -0.15) is 0 Å². The van der Waals surface area contributed by atoms with Gasteiger partial charge < -0.3 is 4.57 Å². The predicted octanol–water partition coefficient (Wildman–Crippen LogP) is 4.60. The Balaban J connectivity index is 1.38. The lowest BCUT2D eigenvalue weighted by Crippen LogP contribution is -2.11. The van der Waals surface area contributed by atoms with Crippen molar-refractivity contribution in [1.82, 2.24) is 14.5 Å². The van der Waals surface area contributed by atoms with Crippen LogP contribution < -0.4 is 0 Å². The summed E-state index contributed by atoms with van der Waals surface area (Å²) < 4.78 is 1.99. The van der Waals surface area contributed by atoms with Gasteiger partial charge in [-0.3, -0.25) is 9.78 Å². The Hall–Kier alpha value is -3.05. The number of nitrogens with zero attached hydrogens (tertiary/aromatic N) is 3. The summed E-state index contributed by atoms with van der Waals surface area (Å²) in [6, 6.07) is 18.1. The Labute approximate surface area is 168 Å². The number of aromatic nitrogens is 3. The number of carbonyl (C=O) groups excluding carboxylic acids is 1. The lowest BCUT2D eigenvalue weighted by atomic mass is 10.1. The van der Waals surface area contributed by atoms with Crippen molar-refractivity contribution >= 4 is 17.1 Å². The van der Waals surface area contributed by atoms with Crippen LogP contribution in [0.25, 0.3) is 0 Å². The summed E-state index contributed by atoms with van der Waals surface area (Å²) in [4.78, 5) is 21.5. The molecule has 4 nitrogen and oxygen atoms in total. The molecule has 28 heavy (non-hydrogen) atoms. The average Bonchev–Trinajstić information content (AvgIpc) is 3.37. The van der Waals surface area contributed by atoms with Gasteiger partial charge in [0.2, 0.25) is 0 Å². The Morgan fingerprint density at radius 1 is 0.929 bits per heavy atom. The molecular weight excluding hydrogens is 366 g/mol. The molecule has 4 rings (SSSR count). The van der Waals surface area contributed by atoms with E-state index in [9.17, 15) is 4.79 Å². The number of rotatable bonds is 8. The number of thiazole rings is 1. The van der Waals surface area contributed by atoms with E-state index in [1.165, 1.54) is 5.56 Å². The largest absolute Gasteiger partial charge is 0.341 e. The topological polar surface area (TPSA) is 47.8 Å². The molecule has 140 valence electrons. The molecule has 0 aliphatic rings. The minimum Gasteiger partial charge on any atom is -0.341 e. The molecule has 3 heterocycles. The molecule has 0 unspecified atom stereocenters. The molecule has 1 aromatic carbocycles. The van der Waals surface area contributed by atoms with Crippen molar-refractivity contribution in [2.75, 3.05) is 0 Å². The first-order valence-electron chi connectivity index (χ1n) is 9.32.